The Hall–Kier alpha value is -1.55. The van der Waals surface area contributed by atoms with Crippen molar-refractivity contribution >= 4 is 11.6 Å². The van der Waals surface area contributed by atoms with Crippen LogP contribution in [0.5, 0.6) is 5.75 Å². The Balaban J connectivity index is 1.96. The van der Waals surface area contributed by atoms with Crippen LogP contribution in [0.4, 0.5) is 5.69 Å². The van der Waals surface area contributed by atoms with Gasteiger partial charge in [0.05, 0.1) is 5.69 Å². The van der Waals surface area contributed by atoms with Crippen LogP contribution in [-0.2, 0) is 4.79 Å². The minimum Gasteiger partial charge on any atom is -0.490 e. The van der Waals surface area contributed by atoms with E-state index in [2.05, 4.69) is 10.6 Å². The van der Waals surface area contributed by atoms with E-state index in [0.717, 1.165) is 24.4 Å². The maximum Gasteiger partial charge on any atom is 0.221 e. The summed E-state index contributed by atoms with van der Waals surface area (Å²) < 4.78 is 5.74. The van der Waals surface area contributed by atoms with Crippen LogP contribution in [0.3, 0.4) is 0 Å². The molecule has 1 aliphatic heterocycles. The predicted octanol–water partition coefficient (Wildman–Crippen LogP) is 1.78. The highest BCUT2D eigenvalue weighted by molar-refractivity contribution is 5.90. The molecule has 17 heavy (non-hydrogen) atoms. The van der Waals surface area contributed by atoms with Gasteiger partial charge in [-0.05, 0) is 31.5 Å². The predicted molar refractivity (Wildman–Crippen MR) is 67.3 cm³/mol. The van der Waals surface area contributed by atoms with Crippen LogP contribution in [-0.4, -0.2) is 25.1 Å². The molecular formula is C13H18N2O2. The van der Waals surface area contributed by atoms with Crippen LogP contribution in [0, 0.1) is 0 Å². The van der Waals surface area contributed by atoms with Crippen molar-refractivity contribution in [3.63, 3.8) is 0 Å². The number of carbonyl (C=O) groups excluding carboxylic acids is 1. The quantitative estimate of drug-likeness (QED) is 0.835. The topological polar surface area (TPSA) is 50.4 Å². The van der Waals surface area contributed by atoms with Crippen molar-refractivity contribution in [2.24, 2.45) is 0 Å². The molecule has 2 rings (SSSR count). The average molecular weight is 234 g/mol. The van der Waals surface area contributed by atoms with Crippen molar-refractivity contribution in [2.75, 3.05) is 18.5 Å². The molecule has 1 aromatic carbocycles. The molecule has 1 aliphatic rings. The van der Waals surface area contributed by atoms with Gasteiger partial charge in [0.25, 0.3) is 0 Å². The number of amides is 1. The van der Waals surface area contributed by atoms with Crippen LogP contribution in [0.2, 0.25) is 0 Å². The van der Waals surface area contributed by atoms with Gasteiger partial charge in [-0.1, -0.05) is 12.1 Å². The number of nitrogens with one attached hydrogen (secondary N) is 2. The number of benzene rings is 1. The highest BCUT2D eigenvalue weighted by Gasteiger charge is 2.15. The molecule has 0 spiro atoms. The smallest absolute Gasteiger partial charge is 0.221 e. The first kappa shape index (κ1) is 11.9. The molecule has 0 aromatic heterocycles. The summed E-state index contributed by atoms with van der Waals surface area (Å²) in [5.41, 5.74) is 0.734. The SMILES string of the molecule is CC(=O)Nc1ccccc1OC[C@@H]1CCCN1. The first-order valence-corrected chi connectivity index (χ1v) is 5.98. The number of rotatable bonds is 4. The third-order valence-corrected chi connectivity index (χ3v) is 2.80. The van der Waals surface area contributed by atoms with E-state index in [4.69, 9.17) is 4.74 Å². The van der Waals surface area contributed by atoms with Gasteiger partial charge in [-0.15, -0.1) is 0 Å². The summed E-state index contributed by atoms with van der Waals surface area (Å²) in [5, 5.41) is 6.14. The molecule has 92 valence electrons. The summed E-state index contributed by atoms with van der Waals surface area (Å²) in [5.74, 6) is 0.649. The van der Waals surface area contributed by atoms with Crippen molar-refractivity contribution in [3.05, 3.63) is 24.3 Å². The molecule has 1 atom stereocenters. The van der Waals surface area contributed by atoms with Crippen LogP contribution >= 0.6 is 0 Å². The summed E-state index contributed by atoms with van der Waals surface area (Å²) in [4.78, 5) is 11.0. The minimum atomic E-state index is -0.0833. The zero-order valence-electron chi connectivity index (χ0n) is 10.0. The molecule has 1 saturated heterocycles. The molecule has 2 N–H and O–H groups in total. The van der Waals surface area contributed by atoms with E-state index in [-0.39, 0.29) is 5.91 Å². The summed E-state index contributed by atoms with van der Waals surface area (Å²) >= 11 is 0. The maximum atomic E-state index is 11.0. The third-order valence-electron chi connectivity index (χ3n) is 2.80. The molecule has 1 fully saturated rings. The highest BCUT2D eigenvalue weighted by Crippen LogP contribution is 2.24. The van der Waals surface area contributed by atoms with Gasteiger partial charge in [-0.2, -0.15) is 0 Å². The van der Waals surface area contributed by atoms with Gasteiger partial charge in [-0.25, -0.2) is 0 Å². The van der Waals surface area contributed by atoms with Crippen molar-refractivity contribution in [3.8, 4) is 5.75 Å². The van der Waals surface area contributed by atoms with Crippen LogP contribution in [0.1, 0.15) is 19.8 Å². The molecule has 0 radical (unpaired) electrons. The fourth-order valence-electron chi connectivity index (χ4n) is 1.97. The molecule has 1 amide bonds. The molecule has 4 heteroatoms. The second kappa shape index (κ2) is 5.68. The van der Waals surface area contributed by atoms with Crippen LogP contribution in [0.25, 0.3) is 0 Å². The number of anilines is 1. The maximum absolute atomic E-state index is 11.0. The lowest BCUT2D eigenvalue weighted by atomic mass is 10.2. The first-order valence-electron chi connectivity index (χ1n) is 5.98. The van der Waals surface area contributed by atoms with Crippen molar-refractivity contribution in [1.29, 1.82) is 0 Å². The lowest BCUT2D eigenvalue weighted by Gasteiger charge is -2.15. The molecule has 1 aromatic rings. The summed E-state index contributed by atoms with van der Waals surface area (Å²) in [6.45, 7) is 3.22. The van der Waals surface area contributed by atoms with Gasteiger partial charge in [0, 0.05) is 13.0 Å². The summed E-state index contributed by atoms with van der Waals surface area (Å²) in [7, 11) is 0. The zero-order valence-corrected chi connectivity index (χ0v) is 10.0. The number of ether oxygens (including phenoxy) is 1. The van der Waals surface area contributed by atoms with Gasteiger partial charge >= 0.3 is 0 Å². The van der Waals surface area contributed by atoms with Gasteiger partial charge in [-0.3, -0.25) is 4.79 Å². The van der Waals surface area contributed by atoms with Crippen molar-refractivity contribution < 1.29 is 9.53 Å². The van der Waals surface area contributed by atoms with E-state index in [1.54, 1.807) is 0 Å². The lowest BCUT2D eigenvalue weighted by molar-refractivity contribution is -0.114. The Morgan fingerprint density at radius 1 is 1.53 bits per heavy atom. The van der Waals surface area contributed by atoms with E-state index >= 15 is 0 Å². The van der Waals surface area contributed by atoms with E-state index in [1.807, 2.05) is 24.3 Å². The number of carbonyl (C=O) groups is 1. The Bertz CT molecular complexity index is 387. The van der Waals surface area contributed by atoms with Gasteiger partial charge in [0.15, 0.2) is 0 Å². The monoisotopic (exact) mass is 234 g/mol. The number of para-hydroxylation sites is 2. The fourth-order valence-corrected chi connectivity index (χ4v) is 1.97. The van der Waals surface area contributed by atoms with E-state index in [1.165, 1.54) is 13.3 Å². The lowest BCUT2D eigenvalue weighted by Crippen LogP contribution is -2.28. The van der Waals surface area contributed by atoms with Gasteiger partial charge < -0.3 is 15.4 Å². The Morgan fingerprint density at radius 3 is 3.06 bits per heavy atom. The second-order valence-electron chi connectivity index (χ2n) is 4.28. The van der Waals surface area contributed by atoms with Crippen molar-refractivity contribution in [1.82, 2.24) is 5.32 Å². The van der Waals surface area contributed by atoms with Crippen LogP contribution < -0.4 is 15.4 Å². The molecule has 0 unspecified atom stereocenters. The van der Waals surface area contributed by atoms with Gasteiger partial charge in [0.2, 0.25) is 5.91 Å². The fraction of sp³-hybridized carbons (Fsp3) is 0.462. The Labute approximate surface area is 101 Å². The second-order valence-corrected chi connectivity index (χ2v) is 4.28. The molecule has 4 nitrogen and oxygen atoms in total. The van der Waals surface area contributed by atoms with E-state index in [0.29, 0.717) is 12.6 Å². The highest BCUT2D eigenvalue weighted by atomic mass is 16.5. The normalized spacial score (nSPS) is 19.0. The van der Waals surface area contributed by atoms with Gasteiger partial charge in [0.1, 0.15) is 12.4 Å². The number of hydrogen-bond donors (Lipinski definition) is 2. The zero-order chi connectivity index (χ0) is 12.1. The molecule has 1 heterocycles. The average Bonchev–Trinajstić information content (AvgIpc) is 2.80. The third kappa shape index (κ3) is 3.46. The van der Waals surface area contributed by atoms with E-state index < -0.39 is 0 Å². The first-order chi connectivity index (χ1) is 8.25. The molecule has 0 aliphatic carbocycles. The largest absolute Gasteiger partial charge is 0.490 e. The standard InChI is InChI=1S/C13H18N2O2/c1-10(16)15-12-6-2-3-7-13(12)17-9-11-5-4-8-14-11/h2-3,6-7,11,14H,4-5,8-9H2,1H3,(H,15,16)/t11-/m0/s1. The summed E-state index contributed by atoms with van der Waals surface area (Å²) in [6.07, 6.45) is 2.36. The molecule has 0 saturated carbocycles. The summed E-state index contributed by atoms with van der Waals surface area (Å²) in [6, 6.07) is 7.94. The number of hydrogen-bond acceptors (Lipinski definition) is 3. The Morgan fingerprint density at radius 2 is 2.35 bits per heavy atom. The van der Waals surface area contributed by atoms with Crippen LogP contribution in [0.15, 0.2) is 24.3 Å². The minimum absolute atomic E-state index is 0.0833. The molecule has 0 bridgehead atoms. The van der Waals surface area contributed by atoms with Crippen molar-refractivity contribution in [2.45, 2.75) is 25.8 Å². The Kier molecular flexibility index (Phi) is 3.98. The molecular weight excluding hydrogens is 216 g/mol. The van der Waals surface area contributed by atoms with E-state index in [9.17, 15) is 4.79 Å².